The summed E-state index contributed by atoms with van der Waals surface area (Å²) in [5.74, 6) is -7.01. The van der Waals surface area contributed by atoms with E-state index < -0.39 is 48.0 Å². The average Bonchev–Trinajstić information content (AvgIpc) is 3.89. The smallest absolute Gasteiger partial charge is 0.342 e. The van der Waals surface area contributed by atoms with Crippen molar-refractivity contribution >= 4 is 70.0 Å². The zero-order chi connectivity index (χ0) is 45.3. The Labute approximate surface area is 367 Å². The molecule has 0 bridgehead atoms. The van der Waals surface area contributed by atoms with Crippen LogP contribution < -0.4 is 40.7 Å². The molecule has 4 N–H and O–H groups in total. The van der Waals surface area contributed by atoms with Gasteiger partial charge in [-0.05, 0) is 50.6 Å². The number of nitrogens with one attached hydrogen (secondary N) is 4. The number of carbonyl (C=O) groups excluding carboxylic acids is 6. The van der Waals surface area contributed by atoms with E-state index in [1.54, 1.807) is 24.3 Å². The maximum atomic E-state index is 15.2. The molecule has 3 fully saturated rings. The summed E-state index contributed by atoms with van der Waals surface area (Å²) in [4.78, 5) is 94.2. The number of amides is 6. The first kappa shape index (κ1) is 44.1. The second-order valence-electron chi connectivity index (χ2n) is 16.5. The number of carbonyl (C=O) groups is 6. The number of anilines is 6. The molecule has 340 valence electrons. The molecule has 5 heterocycles. The van der Waals surface area contributed by atoms with E-state index in [2.05, 4.69) is 36.1 Å². The second-order valence-corrected chi connectivity index (χ2v) is 16.5. The number of methoxy groups -OCH3 is 1. The summed E-state index contributed by atoms with van der Waals surface area (Å²) < 4.78 is 42.0. The number of halogens is 2. The minimum absolute atomic E-state index is 0.0221. The number of fused-ring (bicyclic) bond motifs is 2. The SMILES string of the molecule is COc1cc(C(=O)NCCOCCNc2cccc3c2C(=O)N(C2CCC(=O)NC2=O)C3=O)c(N2CCN(C)CC2)cc1Nc1ncc2c(n1)N(C1CCCC1)CC(F)(F)C(=O)N2C. The van der Waals surface area contributed by atoms with E-state index in [-0.39, 0.29) is 79.7 Å². The summed E-state index contributed by atoms with van der Waals surface area (Å²) in [5, 5.41) is 11.5. The molecule has 2 aromatic carbocycles. The number of aromatic nitrogens is 2. The first-order valence-corrected chi connectivity index (χ1v) is 21.4. The lowest BCUT2D eigenvalue weighted by molar-refractivity contribution is -0.140. The Kier molecular flexibility index (Phi) is 12.6. The largest absolute Gasteiger partial charge is 0.495 e. The molecule has 0 radical (unpaired) electrons. The highest BCUT2D eigenvalue weighted by atomic mass is 19.3. The first-order valence-electron chi connectivity index (χ1n) is 21.4. The van der Waals surface area contributed by atoms with Crippen molar-refractivity contribution < 1.29 is 47.0 Å². The molecule has 6 amide bonds. The molecule has 8 rings (SSSR count). The standard InChI is InChI=1S/C43H51F2N11O8/c1-52-15-17-54(18-16-52)31-22-29(49-42-48-23-32-36(51-42)55(25-7-4-5-8-25)24-43(44,45)41(62)53(32)2)33(63-3)21-27(31)37(58)47-14-20-64-19-13-46-28-10-6-9-26-35(28)40(61)56(39(26)60)30-11-12-34(57)50-38(30)59/h6,9-10,21-23,25,30,46H,4-5,7-8,11-20,24H2,1-3H3,(H,47,58)(H,48,49,51)(H,50,57,59). The van der Waals surface area contributed by atoms with Crippen LogP contribution in [-0.2, 0) is 19.1 Å². The molecule has 1 unspecified atom stereocenters. The van der Waals surface area contributed by atoms with E-state index in [1.807, 2.05) is 7.05 Å². The summed E-state index contributed by atoms with van der Waals surface area (Å²) >= 11 is 0. The van der Waals surface area contributed by atoms with E-state index >= 15 is 8.78 Å². The van der Waals surface area contributed by atoms with Gasteiger partial charge in [0.15, 0.2) is 5.82 Å². The van der Waals surface area contributed by atoms with Crippen LogP contribution in [0.25, 0.3) is 0 Å². The van der Waals surface area contributed by atoms with Crippen LogP contribution in [0.5, 0.6) is 5.75 Å². The topological polar surface area (TPSA) is 211 Å². The molecule has 2 saturated heterocycles. The number of piperidine rings is 1. The third-order valence-corrected chi connectivity index (χ3v) is 12.4. The van der Waals surface area contributed by atoms with E-state index in [4.69, 9.17) is 14.5 Å². The van der Waals surface area contributed by atoms with Gasteiger partial charge < -0.3 is 45.0 Å². The van der Waals surface area contributed by atoms with Crippen molar-refractivity contribution in [3.8, 4) is 5.75 Å². The molecule has 1 aromatic heterocycles. The number of benzene rings is 2. The Hall–Kier alpha value is -6.48. The number of hydrogen-bond acceptors (Lipinski definition) is 15. The third-order valence-electron chi connectivity index (χ3n) is 12.4. The van der Waals surface area contributed by atoms with Crippen LogP contribution >= 0.6 is 0 Å². The van der Waals surface area contributed by atoms with Gasteiger partial charge in [-0.15, -0.1) is 0 Å². The zero-order valence-corrected chi connectivity index (χ0v) is 35.9. The van der Waals surface area contributed by atoms with Crippen molar-refractivity contribution in [2.45, 2.75) is 56.5 Å². The Morgan fingerprint density at radius 2 is 1.69 bits per heavy atom. The molecule has 3 aromatic rings. The molecular weight excluding hydrogens is 837 g/mol. The molecular formula is C43H51F2N11O8. The van der Waals surface area contributed by atoms with Crippen molar-refractivity contribution in [1.29, 1.82) is 0 Å². The van der Waals surface area contributed by atoms with E-state index in [0.29, 0.717) is 54.3 Å². The number of nitrogens with zero attached hydrogens (tertiary/aromatic N) is 7. The van der Waals surface area contributed by atoms with Crippen LogP contribution in [-0.4, -0.2) is 153 Å². The van der Waals surface area contributed by atoms with Crippen LogP contribution in [0.1, 0.15) is 69.6 Å². The van der Waals surface area contributed by atoms with Crippen LogP contribution in [0, 0.1) is 0 Å². The molecule has 64 heavy (non-hydrogen) atoms. The molecule has 1 atom stereocenters. The summed E-state index contributed by atoms with van der Waals surface area (Å²) in [6.07, 6.45) is 4.63. The lowest BCUT2D eigenvalue weighted by Crippen LogP contribution is -2.54. The number of imide groups is 2. The predicted octanol–water partition coefficient (Wildman–Crippen LogP) is 2.60. The van der Waals surface area contributed by atoms with Gasteiger partial charge in [-0.3, -0.25) is 39.0 Å². The zero-order valence-electron chi connectivity index (χ0n) is 35.9. The maximum Gasteiger partial charge on any atom is 0.342 e. The molecule has 1 saturated carbocycles. The van der Waals surface area contributed by atoms with Gasteiger partial charge in [0.05, 0.1) is 61.1 Å². The van der Waals surface area contributed by atoms with Gasteiger partial charge in [0, 0.05) is 64.5 Å². The van der Waals surface area contributed by atoms with Gasteiger partial charge in [-0.2, -0.15) is 13.8 Å². The number of hydrogen-bond donors (Lipinski definition) is 4. The van der Waals surface area contributed by atoms with Gasteiger partial charge in [0.25, 0.3) is 23.6 Å². The lowest BCUT2D eigenvalue weighted by Gasteiger charge is -2.35. The molecule has 4 aliphatic heterocycles. The number of ether oxygens (including phenoxy) is 2. The molecule has 19 nitrogen and oxygen atoms in total. The van der Waals surface area contributed by atoms with E-state index in [1.165, 1.54) is 31.3 Å². The van der Waals surface area contributed by atoms with Crippen molar-refractivity contribution in [2.75, 3.05) is 106 Å². The Morgan fingerprint density at radius 3 is 2.42 bits per heavy atom. The Balaban J connectivity index is 0.924. The van der Waals surface area contributed by atoms with Crippen molar-refractivity contribution in [3.05, 3.63) is 53.2 Å². The lowest BCUT2D eigenvalue weighted by atomic mass is 10.0. The van der Waals surface area contributed by atoms with Crippen molar-refractivity contribution in [2.24, 2.45) is 0 Å². The number of alkyl halides is 2. The predicted molar refractivity (Wildman–Crippen MR) is 231 cm³/mol. The summed E-state index contributed by atoms with van der Waals surface area (Å²) in [6, 6.07) is 6.94. The first-order chi connectivity index (χ1) is 30.7. The molecule has 5 aliphatic rings. The Bertz CT molecular complexity index is 2350. The second kappa shape index (κ2) is 18.3. The quantitative estimate of drug-likeness (QED) is 0.136. The van der Waals surface area contributed by atoms with Gasteiger partial charge in [-0.25, -0.2) is 4.98 Å². The fourth-order valence-electron chi connectivity index (χ4n) is 8.90. The van der Waals surface area contributed by atoms with Crippen molar-refractivity contribution in [3.63, 3.8) is 0 Å². The normalized spacial score (nSPS) is 20.3. The fourth-order valence-corrected chi connectivity index (χ4v) is 8.90. The van der Waals surface area contributed by atoms with Gasteiger partial charge in [0.2, 0.25) is 17.8 Å². The third kappa shape index (κ3) is 8.73. The molecule has 0 spiro atoms. The highest BCUT2D eigenvalue weighted by Gasteiger charge is 2.49. The average molecular weight is 888 g/mol. The van der Waals surface area contributed by atoms with E-state index in [9.17, 15) is 28.8 Å². The molecule has 21 heteroatoms. The van der Waals surface area contributed by atoms with Crippen LogP contribution in [0.2, 0.25) is 0 Å². The number of rotatable bonds is 14. The minimum atomic E-state index is -3.62. The van der Waals surface area contributed by atoms with Gasteiger partial charge in [-0.1, -0.05) is 18.9 Å². The molecule has 1 aliphatic carbocycles. The Morgan fingerprint density at radius 1 is 0.938 bits per heavy atom. The fraction of sp³-hybridized carbons (Fsp3) is 0.488. The number of likely N-dealkylation sites (N-methyl/N-ethyl adjacent to an activating group) is 1. The van der Waals surface area contributed by atoms with Crippen LogP contribution in [0.15, 0.2) is 36.5 Å². The van der Waals surface area contributed by atoms with Gasteiger partial charge >= 0.3 is 5.92 Å². The highest BCUT2D eigenvalue weighted by molar-refractivity contribution is 6.25. The summed E-state index contributed by atoms with van der Waals surface area (Å²) in [5.41, 5.74) is 2.32. The highest BCUT2D eigenvalue weighted by Crippen LogP contribution is 2.41. The summed E-state index contributed by atoms with van der Waals surface area (Å²) in [7, 11) is 4.79. The minimum Gasteiger partial charge on any atom is -0.495 e. The number of piperazine rings is 1. The van der Waals surface area contributed by atoms with Gasteiger partial charge in [0.1, 0.15) is 17.5 Å². The van der Waals surface area contributed by atoms with Crippen LogP contribution in [0.4, 0.5) is 43.3 Å². The van der Waals surface area contributed by atoms with E-state index in [0.717, 1.165) is 35.7 Å². The van der Waals surface area contributed by atoms with Crippen LogP contribution in [0.3, 0.4) is 0 Å². The monoisotopic (exact) mass is 887 g/mol. The van der Waals surface area contributed by atoms with Crippen molar-refractivity contribution in [1.82, 2.24) is 30.4 Å². The maximum absolute atomic E-state index is 15.2. The summed E-state index contributed by atoms with van der Waals surface area (Å²) in [6.45, 7) is 2.77.